The van der Waals surface area contributed by atoms with Crippen molar-refractivity contribution in [3.05, 3.63) is 0 Å². The van der Waals surface area contributed by atoms with Gasteiger partial charge < -0.3 is 15.5 Å². The molecule has 0 radical (unpaired) electrons. The van der Waals surface area contributed by atoms with Crippen molar-refractivity contribution >= 4 is 0 Å². The average molecular weight is 163 g/mol. The quantitative estimate of drug-likeness (QED) is 0.548. The van der Waals surface area contributed by atoms with Crippen LogP contribution in [-0.2, 0) is 0 Å². The lowest BCUT2D eigenvalue weighted by atomic mass is 10.2. The van der Waals surface area contributed by atoms with Crippen molar-refractivity contribution in [2.45, 2.75) is 33.2 Å². The van der Waals surface area contributed by atoms with E-state index in [2.05, 4.69) is 5.32 Å². The zero-order valence-electron chi connectivity index (χ0n) is 7.80. The van der Waals surface area contributed by atoms with Crippen LogP contribution in [0.4, 0.5) is 0 Å². The Hall–Kier alpha value is -0.120. The minimum Gasteiger partial charge on any atom is -0.396 e. The predicted molar refractivity (Wildman–Crippen MR) is 47.6 cm³/mol. The SMILES string of the molecule is CC.CCNC(CO)CCO. The lowest BCUT2D eigenvalue weighted by molar-refractivity contribution is 0.202. The highest BCUT2D eigenvalue weighted by Gasteiger charge is 2.01. The van der Waals surface area contributed by atoms with E-state index in [4.69, 9.17) is 10.2 Å². The van der Waals surface area contributed by atoms with E-state index in [1.54, 1.807) is 0 Å². The molecule has 0 aromatic rings. The van der Waals surface area contributed by atoms with Gasteiger partial charge in [0, 0.05) is 12.6 Å². The molecule has 70 valence electrons. The van der Waals surface area contributed by atoms with E-state index in [0.29, 0.717) is 6.42 Å². The van der Waals surface area contributed by atoms with Gasteiger partial charge in [-0.05, 0) is 13.0 Å². The Morgan fingerprint density at radius 2 is 1.82 bits per heavy atom. The Kier molecular flexibility index (Phi) is 15.4. The van der Waals surface area contributed by atoms with Crippen LogP contribution in [0.15, 0.2) is 0 Å². The van der Waals surface area contributed by atoms with Gasteiger partial charge in [-0.2, -0.15) is 0 Å². The maximum absolute atomic E-state index is 8.61. The largest absolute Gasteiger partial charge is 0.396 e. The van der Waals surface area contributed by atoms with Gasteiger partial charge in [0.1, 0.15) is 0 Å². The van der Waals surface area contributed by atoms with Crippen molar-refractivity contribution in [1.82, 2.24) is 5.32 Å². The predicted octanol–water partition coefficient (Wildman–Crippen LogP) is 0.365. The van der Waals surface area contributed by atoms with Gasteiger partial charge in [0.2, 0.25) is 0 Å². The molecule has 0 saturated carbocycles. The molecule has 0 bridgehead atoms. The van der Waals surface area contributed by atoms with Crippen LogP contribution in [0, 0.1) is 0 Å². The van der Waals surface area contributed by atoms with Gasteiger partial charge in [0.15, 0.2) is 0 Å². The van der Waals surface area contributed by atoms with Gasteiger partial charge in [-0.1, -0.05) is 20.8 Å². The molecule has 0 aliphatic carbocycles. The van der Waals surface area contributed by atoms with E-state index in [0.717, 1.165) is 6.54 Å². The summed E-state index contributed by atoms with van der Waals surface area (Å²) >= 11 is 0. The Morgan fingerprint density at radius 1 is 1.27 bits per heavy atom. The normalized spacial score (nSPS) is 11.7. The van der Waals surface area contributed by atoms with E-state index in [1.807, 2.05) is 20.8 Å². The molecule has 0 fully saturated rings. The van der Waals surface area contributed by atoms with Crippen LogP contribution < -0.4 is 5.32 Å². The number of aliphatic hydroxyl groups excluding tert-OH is 2. The molecule has 0 aliphatic heterocycles. The Bertz CT molecular complexity index is 54.1. The van der Waals surface area contributed by atoms with Crippen LogP contribution in [0.5, 0.6) is 0 Å². The van der Waals surface area contributed by atoms with Crippen molar-refractivity contribution in [3.63, 3.8) is 0 Å². The Labute approximate surface area is 69.4 Å². The van der Waals surface area contributed by atoms with Crippen molar-refractivity contribution in [3.8, 4) is 0 Å². The summed E-state index contributed by atoms with van der Waals surface area (Å²) in [6.07, 6.45) is 0.629. The molecule has 3 N–H and O–H groups in total. The highest BCUT2D eigenvalue weighted by atomic mass is 16.3. The minimum atomic E-state index is 0.0694. The molecule has 0 saturated heterocycles. The summed E-state index contributed by atoms with van der Waals surface area (Å²) < 4.78 is 0. The number of hydrogen-bond donors (Lipinski definition) is 3. The Morgan fingerprint density at radius 3 is 2.09 bits per heavy atom. The average Bonchev–Trinajstić information content (AvgIpc) is 2.08. The summed E-state index contributed by atoms with van der Waals surface area (Å²) in [6.45, 7) is 7.05. The zero-order chi connectivity index (χ0) is 9.11. The molecule has 0 aromatic heterocycles. The van der Waals surface area contributed by atoms with Gasteiger partial charge in [-0.15, -0.1) is 0 Å². The van der Waals surface area contributed by atoms with Crippen LogP contribution in [0.1, 0.15) is 27.2 Å². The van der Waals surface area contributed by atoms with E-state index in [9.17, 15) is 0 Å². The van der Waals surface area contributed by atoms with Gasteiger partial charge in [0.25, 0.3) is 0 Å². The number of likely N-dealkylation sites (N-methyl/N-ethyl adjacent to an activating group) is 1. The second-order valence-corrected chi connectivity index (χ2v) is 1.95. The number of rotatable bonds is 5. The standard InChI is InChI=1S/C6H15NO2.C2H6/c1-2-7-6(5-9)3-4-8;1-2/h6-9H,2-5H2,1H3;1-2H3. The van der Waals surface area contributed by atoms with Gasteiger partial charge in [-0.3, -0.25) is 0 Å². The number of hydrogen-bond acceptors (Lipinski definition) is 3. The summed E-state index contributed by atoms with van der Waals surface area (Å²) in [6, 6.07) is 0.0694. The second-order valence-electron chi connectivity index (χ2n) is 1.95. The molecule has 0 heterocycles. The fourth-order valence-electron chi connectivity index (χ4n) is 0.702. The molecule has 1 unspecified atom stereocenters. The molecule has 0 rings (SSSR count). The van der Waals surface area contributed by atoms with Crippen molar-refractivity contribution in [2.24, 2.45) is 0 Å². The van der Waals surface area contributed by atoms with Gasteiger partial charge in [0.05, 0.1) is 6.61 Å². The van der Waals surface area contributed by atoms with Gasteiger partial charge in [-0.25, -0.2) is 0 Å². The smallest absolute Gasteiger partial charge is 0.0585 e. The van der Waals surface area contributed by atoms with Crippen LogP contribution in [0.3, 0.4) is 0 Å². The molecular formula is C8H21NO2. The Balaban J connectivity index is 0. The van der Waals surface area contributed by atoms with E-state index < -0.39 is 0 Å². The highest BCUT2D eigenvalue weighted by Crippen LogP contribution is 1.87. The first kappa shape index (κ1) is 13.5. The summed E-state index contributed by atoms with van der Waals surface area (Å²) in [4.78, 5) is 0. The third kappa shape index (κ3) is 9.88. The molecule has 3 nitrogen and oxygen atoms in total. The molecule has 0 amide bonds. The lowest BCUT2D eigenvalue weighted by Gasteiger charge is -2.12. The lowest BCUT2D eigenvalue weighted by Crippen LogP contribution is -2.32. The molecular weight excluding hydrogens is 142 g/mol. The van der Waals surface area contributed by atoms with E-state index in [-0.39, 0.29) is 19.3 Å². The highest BCUT2D eigenvalue weighted by molar-refractivity contribution is 4.62. The maximum atomic E-state index is 8.61. The summed E-state index contributed by atoms with van der Waals surface area (Å²) in [5.41, 5.74) is 0. The van der Waals surface area contributed by atoms with E-state index in [1.165, 1.54) is 0 Å². The van der Waals surface area contributed by atoms with Crippen LogP contribution >= 0.6 is 0 Å². The third-order valence-electron chi connectivity index (χ3n) is 1.19. The number of aliphatic hydroxyl groups is 2. The zero-order valence-corrected chi connectivity index (χ0v) is 7.80. The van der Waals surface area contributed by atoms with Crippen molar-refractivity contribution in [2.75, 3.05) is 19.8 Å². The molecule has 0 spiro atoms. The molecule has 1 atom stereocenters. The van der Waals surface area contributed by atoms with Crippen molar-refractivity contribution in [1.29, 1.82) is 0 Å². The summed E-state index contributed by atoms with van der Waals surface area (Å²) in [7, 11) is 0. The third-order valence-corrected chi connectivity index (χ3v) is 1.19. The summed E-state index contributed by atoms with van der Waals surface area (Å²) in [5, 5.41) is 20.1. The topological polar surface area (TPSA) is 52.5 Å². The molecule has 11 heavy (non-hydrogen) atoms. The number of nitrogens with one attached hydrogen (secondary N) is 1. The van der Waals surface area contributed by atoms with Gasteiger partial charge >= 0.3 is 0 Å². The van der Waals surface area contributed by atoms with Crippen LogP contribution in [-0.4, -0.2) is 36.0 Å². The van der Waals surface area contributed by atoms with Crippen LogP contribution in [0.2, 0.25) is 0 Å². The maximum Gasteiger partial charge on any atom is 0.0585 e. The molecule has 0 aromatic carbocycles. The fourth-order valence-corrected chi connectivity index (χ4v) is 0.702. The minimum absolute atomic E-state index is 0.0694. The molecule has 3 heteroatoms. The summed E-state index contributed by atoms with van der Waals surface area (Å²) in [5.74, 6) is 0. The first-order chi connectivity index (χ1) is 5.35. The fraction of sp³-hybridized carbons (Fsp3) is 1.00. The monoisotopic (exact) mass is 163 g/mol. The van der Waals surface area contributed by atoms with E-state index >= 15 is 0 Å². The second kappa shape index (κ2) is 12.5. The van der Waals surface area contributed by atoms with Crippen LogP contribution in [0.25, 0.3) is 0 Å². The first-order valence-corrected chi connectivity index (χ1v) is 4.30. The first-order valence-electron chi connectivity index (χ1n) is 4.30. The molecule has 0 aliphatic rings. The van der Waals surface area contributed by atoms with Crippen molar-refractivity contribution < 1.29 is 10.2 Å².